The molecule has 11 heteroatoms. The normalized spacial score (nSPS) is 14.2. The quantitative estimate of drug-likeness (QED) is 0.174. The third-order valence-corrected chi connectivity index (χ3v) is 6.96. The minimum absolute atomic E-state index is 0.0898. The first-order valence-corrected chi connectivity index (χ1v) is 14.4. The van der Waals surface area contributed by atoms with E-state index in [1.165, 1.54) is 13.2 Å². The zero-order chi connectivity index (χ0) is 30.2. The van der Waals surface area contributed by atoms with E-state index in [1.54, 1.807) is 30.3 Å². The summed E-state index contributed by atoms with van der Waals surface area (Å²) in [6.45, 7) is 4.82. The highest BCUT2D eigenvalue weighted by Gasteiger charge is 2.36. The summed E-state index contributed by atoms with van der Waals surface area (Å²) >= 11 is 9.98. The molecule has 3 aromatic carbocycles. The first kappa shape index (κ1) is 30.9. The van der Waals surface area contributed by atoms with E-state index in [0.29, 0.717) is 47.3 Å². The van der Waals surface area contributed by atoms with Crippen LogP contribution in [0.2, 0.25) is 5.02 Å². The summed E-state index contributed by atoms with van der Waals surface area (Å²) < 4.78 is 23.8. The molecule has 0 bridgehead atoms. The molecular formula is C31H30BrClN2O7. The van der Waals surface area contributed by atoms with Crippen molar-refractivity contribution in [3.8, 4) is 23.0 Å². The number of halogens is 2. The van der Waals surface area contributed by atoms with Crippen molar-refractivity contribution in [3.63, 3.8) is 0 Å². The van der Waals surface area contributed by atoms with Crippen molar-refractivity contribution in [2.75, 3.05) is 20.3 Å². The van der Waals surface area contributed by atoms with Crippen molar-refractivity contribution in [1.29, 1.82) is 0 Å². The van der Waals surface area contributed by atoms with E-state index in [2.05, 4.69) is 21.2 Å². The van der Waals surface area contributed by atoms with Crippen LogP contribution in [-0.2, 0) is 22.7 Å². The summed E-state index contributed by atoms with van der Waals surface area (Å²) in [5, 5.41) is 2.47. The minimum Gasteiger partial charge on any atom is -0.493 e. The Kier molecular flexibility index (Phi) is 10.5. The number of methoxy groups -OCH3 is 1. The predicted molar refractivity (Wildman–Crippen MR) is 162 cm³/mol. The Morgan fingerprint density at radius 2 is 1.64 bits per heavy atom. The van der Waals surface area contributed by atoms with Gasteiger partial charge >= 0.3 is 6.03 Å². The number of ether oxygens (including phenoxy) is 4. The van der Waals surface area contributed by atoms with Crippen LogP contribution in [0.4, 0.5) is 4.79 Å². The van der Waals surface area contributed by atoms with Gasteiger partial charge in [-0.1, -0.05) is 52.7 Å². The molecule has 9 nitrogen and oxygen atoms in total. The SMILES string of the molecule is CCCOc1ccc(CN2C(=O)NC(=O)/C(=C\c3cc(Cl)c(OCc4ccc(Br)cc4)c(OCC)c3)C2=O)cc1OC. The summed E-state index contributed by atoms with van der Waals surface area (Å²) in [5.74, 6) is 0.145. The second-order valence-electron chi connectivity index (χ2n) is 9.22. The van der Waals surface area contributed by atoms with Gasteiger partial charge in [0.15, 0.2) is 23.0 Å². The molecule has 4 amide bonds. The third-order valence-electron chi connectivity index (χ3n) is 6.16. The summed E-state index contributed by atoms with van der Waals surface area (Å²) in [5.41, 5.74) is 1.73. The van der Waals surface area contributed by atoms with Crippen molar-refractivity contribution >= 4 is 51.5 Å². The Bertz CT molecular complexity index is 1510. The van der Waals surface area contributed by atoms with Crippen molar-refractivity contribution < 1.29 is 33.3 Å². The molecular weight excluding hydrogens is 628 g/mol. The van der Waals surface area contributed by atoms with E-state index in [0.717, 1.165) is 21.4 Å². The molecule has 1 heterocycles. The molecule has 3 aromatic rings. The van der Waals surface area contributed by atoms with Crippen molar-refractivity contribution in [2.24, 2.45) is 0 Å². The van der Waals surface area contributed by atoms with Gasteiger partial charge in [0.05, 0.1) is 31.9 Å². The molecule has 0 unspecified atom stereocenters. The number of carbonyl (C=O) groups excluding carboxylic acids is 3. The Morgan fingerprint density at radius 3 is 2.33 bits per heavy atom. The maximum atomic E-state index is 13.4. The molecule has 0 saturated carbocycles. The maximum absolute atomic E-state index is 13.4. The van der Waals surface area contributed by atoms with Gasteiger partial charge < -0.3 is 18.9 Å². The zero-order valence-electron chi connectivity index (χ0n) is 23.4. The molecule has 1 aliphatic rings. The molecule has 42 heavy (non-hydrogen) atoms. The summed E-state index contributed by atoms with van der Waals surface area (Å²) in [4.78, 5) is 39.7. The lowest BCUT2D eigenvalue weighted by Crippen LogP contribution is -2.53. The Labute approximate surface area is 257 Å². The maximum Gasteiger partial charge on any atom is 0.331 e. The van der Waals surface area contributed by atoms with E-state index in [9.17, 15) is 14.4 Å². The average molecular weight is 658 g/mol. The van der Waals surface area contributed by atoms with Crippen LogP contribution in [0.5, 0.6) is 23.0 Å². The molecule has 0 radical (unpaired) electrons. The number of hydrogen-bond donors (Lipinski definition) is 1. The topological polar surface area (TPSA) is 103 Å². The van der Waals surface area contributed by atoms with E-state index < -0.39 is 17.8 Å². The van der Waals surface area contributed by atoms with Crippen LogP contribution in [0, 0.1) is 0 Å². The van der Waals surface area contributed by atoms with Gasteiger partial charge in [-0.3, -0.25) is 19.8 Å². The van der Waals surface area contributed by atoms with Gasteiger partial charge in [0.25, 0.3) is 11.8 Å². The molecule has 220 valence electrons. The van der Waals surface area contributed by atoms with Crippen LogP contribution in [0.1, 0.15) is 37.0 Å². The predicted octanol–water partition coefficient (Wildman–Crippen LogP) is 6.54. The van der Waals surface area contributed by atoms with E-state index in [-0.39, 0.29) is 23.7 Å². The highest BCUT2D eigenvalue weighted by Crippen LogP contribution is 2.38. The van der Waals surface area contributed by atoms with Gasteiger partial charge in [0, 0.05) is 4.47 Å². The fraction of sp³-hybridized carbons (Fsp3) is 0.258. The number of barbiturate groups is 1. The van der Waals surface area contributed by atoms with Crippen LogP contribution >= 0.6 is 27.5 Å². The molecule has 0 aromatic heterocycles. The first-order chi connectivity index (χ1) is 20.2. The number of amides is 4. The zero-order valence-corrected chi connectivity index (χ0v) is 25.7. The number of hydrogen-bond acceptors (Lipinski definition) is 7. The number of carbonyl (C=O) groups is 3. The van der Waals surface area contributed by atoms with Gasteiger partial charge in [-0.15, -0.1) is 0 Å². The second-order valence-corrected chi connectivity index (χ2v) is 10.5. The van der Waals surface area contributed by atoms with Crippen molar-refractivity contribution in [1.82, 2.24) is 10.2 Å². The Morgan fingerprint density at radius 1 is 0.905 bits per heavy atom. The molecule has 0 atom stereocenters. The number of nitrogens with one attached hydrogen (secondary N) is 1. The smallest absolute Gasteiger partial charge is 0.331 e. The minimum atomic E-state index is -0.822. The van der Waals surface area contributed by atoms with E-state index >= 15 is 0 Å². The van der Waals surface area contributed by atoms with E-state index in [4.69, 9.17) is 30.5 Å². The molecule has 0 aliphatic carbocycles. The molecule has 1 N–H and O–H groups in total. The molecule has 1 saturated heterocycles. The van der Waals surface area contributed by atoms with Crippen LogP contribution in [0.3, 0.4) is 0 Å². The fourth-order valence-electron chi connectivity index (χ4n) is 4.14. The van der Waals surface area contributed by atoms with Crippen LogP contribution in [0.25, 0.3) is 6.08 Å². The lowest BCUT2D eigenvalue weighted by molar-refractivity contribution is -0.130. The Hall–Kier alpha value is -4.02. The highest BCUT2D eigenvalue weighted by atomic mass is 79.9. The summed E-state index contributed by atoms with van der Waals surface area (Å²) in [6.07, 6.45) is 2.20. The van der Waals surface area contributed by atoms with Gasteiger partial charge in [-0.2, -0.15) is 0 Å². The fourth-order valence-corrected chi connectivity index (χ4v) is 4.68. The second kappa shape index (κ2) is 14.2. The number of benzene rings is 3. The highest BCUT2D eigenvalue weighted by molar-refractivity contribution is 9.10. The molecule has 4 rings (SSSR count). The number of imide groups is 2. The average Bonchev–Trinajstić information content (AvgIpc) is 2.97. The lowest BCUT2D eigenvalue weighted by atomic mass is 10.1. The number of urea groups is 1. The van der Waals surface area contributed by atoms with Crippen molar-refractivity contribution in [2.45, 2.75) is 33.4 Å². The summed E-state index contributed by atoms with van der Waals surface area (Å²) in [7, 11) is 1.51. The largest absolute Gasteiger partial charge is 0.493 e. The summed E-state index contributed by atoms with van der Waals surface area (Å²) in [6, 6.07) is 15.2. The standard InChI is InChI=1S/C31H30BrClN2O7/c1-4-12-41-25-11-8-20(15-26(25)39-3)17-35-30(37)23(29(36)34-31(35)38)13-21-14-24(33)28(27(16-21)40-5-2)42-18-19-6-9-22(32)10-7-19/h6-11,13-16H,4-5,12,17-18H2,1-3H3,(H,34,36,38)/b23-13+. The molecule has 1 aliphatic heterocycles. The molecule has 0 spiro atoms. The Balaban J connectivity index is 1.58. The van der Waals surface area contributed by atoms with E-state index in [1.807, 2.05) is 38.1 Å². The number of nitrogens with zero attached hydrogens (tertiary/aromatic N) is 1. The molecule has 1 fully saturated rings. The van der Waals surface area contributed by atoms with Gasteiger partial charge in [-0.05, 0) is 72.5 Å². The van der Waals surface area contributed by atoms with Gasteiger partial charge in [0.1, 0.15) is 12.2 Å². The first-order valence-electron chi connectivity index (χ1n) is 13.3. The van der Waals surface area contributed by atoms with Crippen molar-refractivity contribution in [3.05, 3.63) is 86.4 Å². The van der Waals surface area contributed by atoms with Gasteiger partial charge in [-0.25, -0.2) is 4.79 Å². The van der Waals surface area contributed by atoms with Crippen LogP contribution < -0.4 is 24.3 Å². The third kappa shape index (κ3) is 7.43. The van der Waals surface area contributed by atoms with Crippen LogP contribution in [-0.4, -0.2) is 43.1 Å². The lowest BCUT2D eigenvalue weighted by Gasteiger charge is -2.26. The van der Waals surface area contributed by atoms with Crippen LogP contribution in [0.15, 0.2) is 64.6 Å². The number of rotatable bonds is 12. The monoisotopic (exact) mass is 656 g/mol. The van der Waals surface area contributed by atoms with Gasteiger partial charge in [0.2, 0.25) is 0 Å².